The Hall–Kier alpha value is -2.44. The second kappa shape index (κ2) is 7.02. The Morgan fingerprint density at radius 1 is 1.50 bits per heavy atom. The van der Waals surface area contributed by atoms with Crippen molar-refractivity contribution in [1.29, 1.82) is 0 Å². The molecule has 1 unspecified atom stereocenters. The summed E-state index contributed by atoms with van der Waals surface area (Å²) in [6, 6.07) is 3.91. The standard InChI is InChI=1S/C15H18N2O5/c1-11-4-2-3-7-16(11)15(19)10-22-14-6-5-13(17(20)21)8-12(14)9-18/h5-6,8-9,11H,2-4,7,10H2,1H3. The number of rotatable bonds is 5. The molecule has 1 amide bonds. The topological polar surface area (TPSA) is 89.8 Å². The number of nitro benzene ring substituents is 1. The van der Waals surface area contributed by atoms with Crippen LogP contribution in [0.4, 0.5) is 5.69 Å². The highest BCUT2D eigenvalue weighted by Crippen LogP contribution is 2.23. The molecule has 7 heteroatoms. The Labute approximate surface area is 128 Å². The third-order valence-electron chi connectivity index (χ3n) is 3.81. The molecule has 2 rings (SSSR count). The molecule has 0 aromatic heterocycles. The number of nitrogens with zero attached hydrogens (tertiary/aromatic N) is 2. The molecule has 7 nitrogen and oxygen atoms in total. The monoisotopic (exact) mass is 306 g/mol. The Morgan fingerprint density at radius 2 is 2.27 bits per heavy atom. The van der Waals surface area contributed by atoms with Gasteiger partial charge in [0.25, 0.3) is 11.6 Å². The van der Waals surface area contributed by atoms with Crippen molar-refractivity contribution in [2.75, 3.05) is 13.2 Å². The van der Waals surface area contributed by atoms with Gasteiger partial charge in [-0.2, -0.15) is 0 Å². The number of carbonyl (C=O) groups excluding carboxylic acids is 2. The SMILES string of the molecule is CC1CCCCN1C(=O)COc1ccc([N+](=O)[O-])cc1C=O. The maximum absolute atomic E-state index is 12.2. The first kappa shape index (κ1) is 15.9. The van der Waals surface area contributed by atoms with Gasteiger partial charge in [0.1, 0.15) is 5.75 Å². The molecule has 1 saturated heterocycles. The molecule has 1 aliphatic rings. The van der Waals surface area contributed by atoms with E-state index in [0.717, 1.165) is 25.3 Å². The summed E-state index contributed by atoms with van der Waals surface area (Å²) < 4.78 is 5.38. The molecule has 0 N–H and O–H groups in total. The third-order valence-corrected chi connectivity index (χ3v) is 3.81. The van der Waals surface area contributed by atoms with Crippen LogP contribution in [-0.2, 0) is 4.79 Å². The van der Waals surface area contributed by atoms with E-state index in [2.05, 4.69) is 0 Å². The number of benzene rings is 1. The molecule has 0 aliphatic carbocycles. The van der Waals surface area contributed by atoms with Crippen LogP contribution in [0.2, 0.25) is 0 Å². The van der Waals surface area contributed by atoms with E-state index in [1.165, 1.54) is 12.1 Å². The third kappa shape index (κ3) is 3.60. The Balaban J connectivity index is 2.03. The van der Waals surface area contributed by atoms with Gasteiger partial charge in [0, 0.05) is 24.7 Å². The number of ether oxygens (including phenoxy) is 1. The van der Waals surface area contributed by atoms with Crippen LogP contribution in [0, 0.1) is 10.1 Å². The van der Waals surface area contributed by atoms with E-state index in [4.69, 9.17) is 4.74 Å². The maximum atomic E-state index is 12.2. The van der Waals surface area contributed by atoms with E-state index in [-0.39, 0.29) is 35.6 Å². The van der Waals surface area contributed by atoms with Crippen LogP contribution in [0.25, 0.3) is 0 Å². The normalized spacial score (nSPS) is 17.9. The quantitative estimate of drug-likeness (QED) is 0.472. The first-order valence-electron chi connectivity index (χ1n) is 7.19. The lowest BCUT2D eigenvalue weighted by atomic mass is 10.0. The largest absolute Gasteiger partial charge is 0.483 e. The minimum absolute atomic E-state index is 0.0636. The van der Waals surface area contributed by atoms with Gasteiger partial charge in [-0.15, -0.1) is 0 Å². The van der Waals surface area contributed by atoms with Crippen molar-refractivity contribution in [3.05, 3.63) is 33.9 Å². The summed E-state index contributed by atoms with van der Waals surface area (Å²) >= 11 is 0. The second-order valence-electron chi connectivity index (χ2n) is 5.32. The number of amides is 1. The minimum atomic E-state index is -0.586. The molecule has 0 bridgehead atoms. The van der Waals surface area contributed by atoms with Crippen LogP contribution in [0.15, 0.2) is 18.2 Å². The van der Waals surface area contributed by atoms with Crippen LogP contribution < -0.4 is 4.74 Å². The summed E-state index contributed by atoms with van der Waals surface area (Å²) in [6.45, 7) is 2.53. The fourth-order valence-electron chi connectivity index (χ4n) is 2.56. The van der Waals surface area contributed by atoms with E-state index in [1.54, 1.807) is 4.90 Å². The molecule has 1 aliphatic heterocycles. The average Bonchev–Trinajstić information content (AvgIpc) is 2.52. The number of likely N-dealkylation sites (tertiary alicyclic amines) is 1. The number of piperidine rings is 1. The predicted octanol–water partition coefficient (Wildman–Crippen LogP) is 2.19. The summed E-state index contributed by atoms with van der Waals surface area (Å²) in [4.78, 5) is 35.0. The molecule has 118 valence electrons. The van der Waals surface area contributed by atoms with Gasteiger partial charge in [-0.25, -0.2) is 0 Å². The summed E-state index contributed by atoms with van der Waals surface area (Å²) in [7, 11) is 0. The lowest BCUT2D eigenvalue weighted by Crippen LogP contribution is -2.44. The molecule has 1 fully saturated rings. The van der Waals surface area contributed by atoms with Crippen molar-refractivity contribution in [2.45, 2.75) is 32.2 Å². The van der Waals surface area contributed by atoms with E-state index in [0.29, 0.717) is 12.8 Å². The fraction of sp³-hybridized carbons (Fsp3) is 0.467. The summed E-state index contributed by atoms with van der Waals surface area (Å²) in [5.74, 6) is 0.0426. The number of non-ortho nitro benzene ring substituents is 1. The summed E-state index contributed by atoms with van der Waals surface area (Å²) in [5.41, 5.74) is -0.126. The predicted molar refractivity (Wildman–Crippen MR) is 79.0 cm³/mol. The highest BCUT2D eigenvalue weighted by Gasteiger charge is 2.23. The van der Waals surface area contributed by atoms with Crippen LogP contribution in [0.1, 0.15) is 36.5 Å². The van der Waals surface area contributed by atoms with Gasteiger partial charge in [0.05, 0.1) is 10.5 Å². The summed E-state index contributed by atoms with van der Waals surface area (Å²) in [6.07, 6.45) is 3.55. The van der Waals surface area contributed by atoms with Gasteiger partial charge in [-0.3, -0.25) is 19.7 Å². The maximum Gasteiger partial charge on any atom is 0.270 e. The van der Waals surface area contributed by atoms with E-state index in [9.17, 15) is 19.7 Å². The minimum Gasteiger partial charge on any atom is -0.483 e. The lowest BCUT2D eigenvalue weighted by molar-refractivity contribution is -0.384. The molecule has 0 saturated carbocycles. The Kier molecular flexibility index (Phi) is 5.08. The van der Waals surface area contributed by atoms with Crippen molar-refractivity contribution in [3.63, 3.8) is 0 Å². The highest BCUT2D eigenvalue weighted by atomic mass is 16.6. The Bertz CT molecular complexity index is 587. The van der Waals surface area contributed by atoms with E-state index in [1.807, 2.05) is 6.92 Å². The van der Waals surface area contributed by atoms with Crippen molar-refractivity contribution >= 4 is 17.9 Å². The zero-order valence-corrected chi connectivity index (χ0v) is 12.4. The molecular weight excluding hydrogens is 288 g/mol. The molecule has 0 radical (unpaired) electrons. The van der Waals surface area contributed by atoms with Crippen LogP contribution in [0.3, 0.4) is 0 Å². The molecule has 1 aromatic rings. The highest BCUT2D eigenvalue weighted by molar-refractivity contribution is 5.82. The number of hydrogen-bond acceptors (Lipinski definition) is 5. The van der Waals surface area contributed by atoms with Gasteiger partial charge in [0.15, 0.2) is 12.9 Å². The van der Waals surface area contributed by atoms with E-state index < -0.39 is 4.92 Å². The first-order valence-corrected chi connectivity index (χ1v) is 7.19. The molecule has 1 atom stereocenters. The van der Waals surface area contributed by atoms with Gasteiger partial charge >= 0.3 is 0 Å². The second-order valence-corrected chi connectivity index (χ2v) is 5.32. The van der Waals surface area contributed by atoms with Crippen molar-refractivity contribution in [1.82, 2.24) is 4.90 Å². The number of nitro groups is 1. The fourth-order valence-corrected chi connectivity index (χ4v) is 2.56. The lowest BCUT2D eigenvalue weighted by Gasteiger charge is -2.33. The van der Waals surface area contributed by atoms with Gasteiger partial charge in [-0.05, 0) is 32.3 Å². The number of aldehydes is 1. The van der Waals surface area contributed by atoms with Crippen LogP contribution in [0.5, 0.6) is 5.75 Å². The van der Waals surface area contributed by atoms with Gasteiger partial charge < -0.3 is 9.64 Å². The van der Waals surface area contributed by atoms with E-state index >= 15 is 0 Å². The Morgan fingerprint density at radius 3 is 2.91 bits per heavy atom. The average molecular weight is 306 g/mol. The molecule has 1 heterocycles. The van der Waals surface area contributed by atoms with Crippen molar-refractivity contribution in [3.8, 4) is 5.75 Å². The zero-order chi connectivity index (χ0) is 16.1. The molecule has 22 heavy (non-hydrogen) atoms. The van der Waals surface area contributed by atoms with Crippen molar-refractivity contribution < 1.29 is 19.2 Å². The smallest absolute Gasteiger partial charge is 0.270 e. The first-order chi connectivity index (χ1) is 10.5. The molecular formula is C15H18N2O5. The van der Waals surface area contributed by atoms with Gasteiger partial charge in [-0.1, -0.05) is 0 Å². The van der Waals surface area contributed by atoms with Crippen molar-refractivity contribution in [2.24, 2.45) is 0 Å². The van der Waals surface area contributed by atoms with Gasteiger partial charge in [0.2, 0.25) is 0 Å². The molecule has 0 spiro atoms. The number of carbonyl (C=O) groups is 2. The number of hydrogen-bond donors (Lipinski definition) is 0. The van der Waals surface area contributed by atoms with Crippen LogP contribution >= 0.6 is 0 Å². The van der Waals surface area contributed by atoms with Crippen LogP contribution in [-0.4, -0.2) is 41.2 Å². The summed E-state index contributed by atoms with van der Waals surface area (Å²) in [5, 5.41) is 10.7. The molecule has 1 aromatic carbocycles. The zero-order valence-electron chi connectivity index (χ0n) is 12.4.